The highest BCUT2D eigenvalue weighted by molar-refractivity contribution is 6.60. The predicted octanol–water partition coefficient (Wildman–Crippen LogP) is 1.60. The van der Waals surface area contributed by atoms with Gasteiger partial charge in [0.15, 0.2) is 0 Å². The summed E-state index contributed by atoms with van der Waals surface area (Å²) in [4.78, 5) is 0. The zero-order valence-corrected chi connectivity index (χ0v) is 12.7. The van der Waals surface area contributed by atoms with E-state index in [-0.39, 0.29) is 0 Å². The first-order chi connectivity index (χ1) is 8.58. The summed E-state index contributed by atoms with van der Waals surface area (Å²) in [7, 11) is 0.325. The lowest BCUT2D eigenvalue weighted by Gasteiger charge is -2.38. The fraction of sp³-hybridized carbons (Fsp3) is 0.538. The van der Waals surface area contributed by atoms with Crippen LogP contribution in [0.15, 0.2) is 18.2 Å². The van der Waals surface area contributed by atoms with Gasteiger partial charge in [-0.2, -0.15) is 0 Å². The molecule has 6 heteroatoms. The molecule has 0 unspecified atom stereocenters. The summed E-state index contributed by atoms with van der Waals surface area (Å²) in [5, 5.41) is 20.6. The fourth-order valence-corrected chi connectivity index (χ4v) is 1.52. The van der Waals surface area contributed by atoms with Gasteiger partial charge in [-0.15, -0.1) is 0 Å². The molecule has 1 aromatic carbocycles. The van der Waals surface area contributed by atoms with E-state index in [0.29, 0.717) is 16.2 Å². The summed E-state index contributed by atoms with van der Waals surface area (Å²) in [6.07, 6.45) is 0. The van der Waals surface area contributed by atoms with Crippen LogP contribution in [-0.4, -0.2) is 35.6 Å². The van der Waals surface area contributed by atoms with Crippen molar-refractivity contribution in [2.45, 2.75) is 38.9 Å². The molecule has 0 aromatic heterocycles. The molecule has 2 N–H and O–H groups in total. The summed E-state index contributed by atoms with van der Waals surface area (Å²) >= 11 is 5.92. The van der Waals surface area contributed by atoms with Crippen molar-refractivity contribution in [3.8, 4) is 5.75 Å². The molecule has 4 nitrogen and oxygen atoms in total. The van der Waals surface area contributed by atoms with E-state index in [1.165, 1.54) is 7.11 Å². The number of halogens is 1. The number of hydrogen-bond donors (Lipinski definition) is 2. The quantitative estimate of drug-likeness (QED) is 0.807. The average molecular weight is 287 g/mol. The van der Waals surface area contributed by atoms with Crippen LogP contribution in [0.1, 0.15) is 27.7 Å². The van der Waals surface area contributed by atoms with Crippen molar-refractivity contribution in [1.29, 1.82) is 0 Å². The van der Waals surface area contributed by atoms with Crippen LogP contribution in [0.25, 0.3) is 0 Å². The molecule has 0 radical (unpaired) electrons. The Kier molecular flexibility index (Phi) is 4.90. The monoisotopic (exact) mass is 286 g/mol. The van der Waals surface area contributed by atoms with Gasteiger partial charge in [-0.1, -0.05) is 17.7 Å². The van der Waals surface area contributed by atoms with E-state index in [2.05, 4.69) is 0 Å². The van der Waals surface area contributed by atoms with Crippen LogP contribution in [0.4, 0.5) is 0 Å². The Balaban J connectivity index is 2.93. The maximum atomic E-state index is 10.1. The van der Waals surface area contributed by atoms with Crippen LogP contribution in [0.3, 0.4) is 0 Å². The van der Waals surface area contributed by atoms with E-state index in [4.69, 9.17) is 21.0 Å². The second kappa shape index (κ2) is 5.71. The number of benzene rings is 1. The van der Waals surface area contributed by atoms with E-state index >= 15 is 0 Å². The van der Waals surface area contributed by atoms with Crippen molar-refractivity contribution in [2.75, 3.05) is 7.11 Å². The highest BCUT2D eigenvalue weighted by Crippen LogP contribution is 2.26. The SMILES string of the molecule is COc1cc(B(O)OC(C)(C)C(C)(C)O)ccc1Cl. The zero-order valence-electron chi connectivity index (χ0n) is 11.9. The molecular formula is C13H20BClO4. The topological polar surface area (TPSA) is 58.9 Å². The molecule has 0 saturated heterocycles. The highest BCUT2D eigenvalue weighted by atomic mass is 35.5. The predicted molar refractivity (Wildman–Crippen MR) is 77.1 cm³/mol. The number of aliphatic hydroxyl groups is 1. The van der Waals surface area contributed by atoms with Crippen molar-refractivity contribution in [3.05, 3.63) is 23.2 Å². The van der Waals surface area contributed by atoms with Gasteiger partial charge in [0.25, 0.3) is 0 Å². The smallest absolute Gasteiger partial charge is 0.491 e. The number of ether oxygens (including phenoxy) is 1. The normalized spacial score (nSPS) is 12.4. The fourth-order valence-electron chi connectivity index (χ4n) is 1.32. The Morgan fingerprint density at radius 2 is 1.79 bits per heavy atom. The minimum atomic E-state index is -1.17. The van der Waals surface area contributed by atoms with Crippen LogP contribution >= 0.6 is 11.6 Å². The van der Waals surface area contributed by atoms with E-state index in [9.17, 15) is 10.1 Å². The number of rotatable bonds is 5. The minimum absolute atomic E-state index is 0.459. The van der Waals surface area contributed by atoms with Crippen LogP contribution in [0, 0.1) is 0 Å². The molecule has 0 saturated carbocycles. The second-order valence-electron chi connectivity index (χ2n) is 5.43. The van der Waals surface area contributed by atoms with Gasteiger partial charge in [0.05, 0.1) is 23.3 Å². The van der Waals surface area contributed by atoms with Crippen LogP contribution < -0.4 is 10.2 Å². The van der Waals surface area contributed by atoms with Crippen molar-refractivity contribution >= 4 is 24.2 Å². The molecule has 19 heavy (non-hydrogen) atoms. The van der Waals surface area contributed by atoms with Gasteiger partial charge in [-0.05, 0) is 45.3 Å². The lowest BCUT2D eigenvalue weighted by Crippen LogP contribution is -2.53. The van der Waals surface area contributed by atoms with E-state index in [1.807, 2.05) is 0 Å². The van der Waals surface area contributed by atoms with Crippen LogP contribution in [-0.2, 0) is 4.65 Å². The highest BCUT2D eigenvalue weighted by Gasteiger charge is 2.39. The standard InChI is InChI=1S/C13H20BClO4/c1-12(2,16)13(3,4)19-14(17)9-6-7-10(15)11(8-9)18-5/h6-8,16-17H,1-5H3. The third-order valence-electron chi connectivity index (χ3n) is 3.34. The van der Waals surface area contributed by atoms with Gasteiger partial charge in [-0.25, -0.2) is 0 Å². The minimum Gasteiger partial charge on any atom is -0.495 e. The van der Waals surface area contributed by atoms with Crippen molar-refractivity contribution < 1.29 is 19.5 Å². The van der Waals surface area contributed by atoms with Gasteiger partial charge in [-0.3, -0.25) is 0 Å². The molecule has 0 fully saturated rings. The first kappa shape index (κ1) is 16.3. The summed E-state index contributed by atoms with van der Waals surface area (Å²) in [5.74, 6) is 0.461. The molecule has 1 aromatic rings. The molecule has 0 amide bonds. The Hall–Kier alpha value is -0.745. The largest absolute Gasteiger partial charge is 0.495 e. The Morgan fingerprint density at radius 1 is 1.21 bits per heavy atom. The first-order valence-corrected chi connectivity index (χ1v) is 6.38. The van der Waals surface area contributed by atoms with E-state index in [0.717, 1.165) is 0 Å². The molecule has 1 rings (SSSR count). The van der Waals surface area contributed by atoms with Gasteiger partial charge in [0, 0.05) is 0 Å². The van der Waals surface area contributed by atoms with E-state index in [1.54, 1.807) is 45.9 Å². The molecule has 0 aliphatic rings. The summed E-state index contributed by atoms with van der Waals surface area (Å²) < 4.78 is 10.6. The zero-order chi connectivity index (χ0) is 14.8. The second-order valence-corrected chi connectivity index (χ2v) is 5.84. The lowest BCUT2D eigenvalue weighted by molar-refractivity contribution is -0.0982. The molecular weight excluding hydrogens is 266 g/mol. The Bertz CT molecular complexity index is 443. The number of hydrogen-bond acceptors (Lipinski definition) is 4. The van der Waals surface area contributed by atoms with Gasteiger partial charge in [0.2, 0.25) is 0 Å². The van der Waals surface area contributed by atoms with E-state index < -0.39 is 18.3 Å². The van der Waals surface area contributed by atoms with Crippen LogP contribution in [0.2, 0.25) is 5.02 Å². The first-order valence-electron chi connectivity index (χ1n) is 6.00. The molecule has 0 atom stereocenters. The lowest BCUT2D eigenvalue weighted by atomic mass is 9.76. The molecule has 0 aliphatic heterocycles. The van der Waals surface area contributed by atoms with Crippen molar-refractivity contribution in [1.82, 2.24) is 0 Å². The average Bonchev–Trinajstić information content (AvgIpc) is 2.27. The summed E-state index contributed by atoms with van der Waals surface area (Å²) in [6.45, 7) is 6.68. The Morgan fingerprint density at radius 3 is 2.26 bits per heavy atom. The van der Waals surface area contributed by atoms with Gasteiger partial charge in [0.1, 0.15) is 5.75 Å². The summed E-state index contributed by atoms with van der Waals surface area (Å²) in [5.41, 5.74) is -1.50. The maximum absolute atomic E-state index is 10.1. The maximum Gasteiger partial charge on any atom is 0.491 e. The molecule has 0 bridgehead atoms. The van der Waals surface area contributed by atoms with Crippen molar-refractivity contribution in [2.24, 2.45) is 0 Å². The number of methoxy groups -OCH3 is 1. The molecule has 0 aliphatic carbocycles. The third-order valence-corrected chi connectivity index (χ3v) is 3.65. The van der Waals surface area contributed by atoms with Crippen molar-refractivity contribution in [3.63, 3.8) is 0 Å². The summed E-state index contributed by atoms with van der Waals surface area (Å²) in [6, 6.07) is 4.88. The molecule has 0 heterocycles. The third kappa shape index (κ3) is 3.86. The molecule has 106 valence electrons. The van der Waals surface area contributed by atoms with Gasteiger partial charge >= 0.3 is 7.12 Å². The Labute approximate surface area is 119 Å². The van der Waals surface area contributed by atoms with Gasteiger partial charge < -0.3 is 19.5 Å². The van der Waals surface area contributed by atoms with Crippen LogP contribution in [0.5, 0.6) is 5.75 Å². The molecule has 0 spiro atoms.